The van der Waals surface area contributed by atoms with Crippen molar-refractivity contribution in [3.8, 4) is 5.75 Å². The molecule has 1 saturated carbocycles. The minimum absolute atomic E-state index is 0.0734. The van der Waals surface area contributed by atoms with Crippen LogP contribution in [0.15, 0.2) is 84.4 Å². The predicted molar refractivity (Wildman–Crippen MR) is 155 cm³/mol. The molecule has 2 aliphatic carbocycles. The molecule has 2 N–H and O–H groups in total. The lowest BCUT2D eigenvalue weighted by Crippen LogP contribution is -2.48. The highest BCUT2D eigenvalue weighted by Gasteiger charge is 2.67. The van der Waals surface area contributed by atoms with E-state index < -0.39 is 76.2 Å². The van der Waals surface area contributed by atoms with Gasteiger partial charge in [-0.05, 0) is 73.7 Å². The number of rotatable bonds is 4. The maximum atomic E-state index is 14.8. The number of para-hydroxylation sites is 1. The van der Waals surface area contributed by atoms with E-state index >= 15 is 0 Å². The first-order valence-corrected chi connectivity index (χ1v) is 14.4. The number of imide groups is 2. The van der Waals surface area contributed by atoms with Crippen molar-refractivity contribution >= 4 is 41.0 Å². The minimum atomic E-state index is -1.34. The van der Waals surface area contributed by atoms with Gasteiger partial charge in [-0.25, -0.2) is 14.1 Å². The van der Waals surface area contributed by atoms with Crippen molar-refractivity contribution in [3.05, 3.63) is 101 Å². The Balaban J connectivity index is 1.36. The van der Waals surface area contributed by atoms with E-state index in [1.54, 1.807) is 37.3 Å². The lowest BCUT2D eigenvalue weighted by molar-refractivity contribution is -0.131. The number of fused-ring (bicyclic) bond motifs is 4. The molecule has 6 atom stereocenters. The Morgan fingerprint density at radius 2 is 1.59 bits per heavy atom. The monoisotopic (exact) mass is 594 g/mol. The number of carbonyl (C=O) groups excluding carboxylic acids is 4. The molecule has 10 heteroatoms. The quantitative estimate of drug-likeness (QED) is 0.332. The second kappa shape index (κ2) is 9.70. The number of aromatic carboxylic acids is 1. The Bertz CT molecular complexity index is 1820. The molecule has 3 aromatic rings. The number of hydrogen-bond donors (Lipinski definition) is 2. The lowest BCUT2D eigenvalue weighted by Gasteiger charge is -2.49. The van der Waals surface area contributed by atoms with Gasteiger partial charge in [-0.15, -0.1) is 0 Å². The Morgan fingerprint density at radius 1 is 0.864 bits per heavy atom. The summed E-state index contributed by atoms with van der Waals surface area (Å²) in [4.78, 5) is 70.0. The van der Waals surface area contributed by atoms with Gasteiger partial charge >= 0.3 is 5.97 Å². The molecule has 44 heavy (non-hydrogen) atoms. The smallest absolute Gasteiger partial charge is 0.335 e. The molecule has 3 fully saturated rings. The van der Waals surface area contributed by atoms with Crippen molar-refractivity contribution in [1.29, 1.82) is 0 Å². The van der Waals surface area contributed by atoms with Gasteiger partial charge in [0.1, 0.15) is 0 Å². The third-order valence-corrected chi connectivity index (χ3v) is 9.95. The Labute approximate surface area is 251 Å². The summed E-state index contributed by atoms with van der Waals surface area (Å²) in [7, 11) is 0. The molecule has 0 aromatic heterocycles. The molecule has 2 aliphatic heterocycles. The number of phenolic OH excluding ortho intramolecular Hbond substituents is 1. The van der Waals surface area contributed by atoms with Crippen LogP contribution in [0.25, 0.3) is 0 Å². The summed E-state index contributed by atoms with van der Waals surface area (Å²) < 4.78 is 14.8. The zero-order valence-electron chi connectivity index (χ0n) is 23.5. The van der Waals surface area contributed by atoms with Crippen molar-refractivity contribution in [3.63, 3.8) is 0 Å². The number of allylic oxidation sites excluding steroid dienone is 2. The zero-order chi connectivity index (χ0) is 31.1. The minimum Gasteiger partial charge on any atom is -0.505 e. The Hall–Kier alpha value is -5.12. The first kappa shape index (κ1) is 27.7. The molecule has 0 unspecified atom stereocenters. The van der Waals surface area contributed by atoms with Crippen molar-refractivity contribution in [2.45, 2.75) is 25.7 Å². The number of halogens is 1. The van der Waals surface area contributed by atoms with Crippen LogP contribution in [0.2, 0.25) is 0 Å². The first-order valence-electron chi connectivity index (χ1n) is 14.4. The van der Waals surface area contributed by atoms with Crippen LogP contribution in [0.3, 0.4) is 0 Å². The van der Waals surface area contributed by atoms with Gasteiger partial charge in [-0.2, -0.15) is 0 Å². The molecule has 2 saturated heterocycles. The Kier molecular flexibility index (Phi) is 6.11. The summed E-state index contributed by atoms with van der Waals surface area (Å²) in [6.45, 7) is 1.70. The van der Waals surface area contributed by atoms with E-state index in [4.69, 9.17) is 0 Å². The molecular formula is C34H27FN2O7. The topological polar surface area (TPSA) is 132 Å². The fourth-order valence-corrected chi connectivity index (χ4v) is 7.95. The summed E-state index contributed by atoms with van der Waals surface area (Å²) in [6.07, 6.45) is 2.14. The highest BCUT2D eigenvalue weighted by atomic mass is 19.1. The van der Waals surface area contributed by atoms with Gasteiger partial charge in [0, 0.05) is 5.92 Å². The number of hydrogen-bond acceptors (Lipinski definition) is 6. The molecule has 0 spiro atoms. The largest absolute Gasteiger partial charge is 0.505 e. The van der Waals surface area contributed by atoms with Crippen LogP contribution in [0.1, 0.15) is 41.6 Å². The van der Waals surface area contributed by atoms with Crippen molar-refractivity contribution in [1.82, 2.24) is 0 Å². The number of benzene rings is 3. The fourth-order valence-electron chi connectivity index (χ4n) is 7.95. The zero-order valence-corrected chi connectivity index (χ0v) is 23.5. The van der Waals surface area contributed by atoms with Crippen molar-refractivity contribution in [2.24, 2.45) is 29.1 Å². The highest BCUT2D eigenvalue weighted by Crippen LogP contribution is 2.63. The highest BCUT2D eigenvalue weighted by molar-refractivity contribution is 6.25. The summed E-state index contributed by atoms with van der Waals surface area (Å²) in [5.74, 6) is -8.42. The first-order chi connectivity index (χ1) is 21.0. The molecule has 0 bridgehead atoms. The fraction of sp³-hybridized carbons (Fsp3) is 0.265. The van der Waals surface area contributed by atoms with Gasteiger partial charge in [0.2, 0.25) is 23.6 Å². The summed E-state index contributed by atoms with van der Waals surface area (Å²) in [5.41, 5.74) is 0.188. The van der Waals surface area contributed by atoms with E-state index in [0.29, 0.717) is 16.8 Å². The average molecular weight is 595 g/mol. The van der Waals surface area contributed by atoms with Gasteiger partial charge in [-0.1, -0.05) is 42.0 Å². The van der Waals surface area contributed by atoms with Gasteiger partial charge in [0.15, 0.2) is 11.6 Å². The van der Waals surface area contributed by atoms with Gasteiger partial charge < -0.3 is 10.2 Å². The Morgan fingerprint density at radius 3 is 2.30 bits per heavy atom. The molecule has 7 rings (SSSR count). The SMILES string of the molecule is C[C@@]12C(=O)N(c3ccccc3)C(=O)[C@@H]1C[C@@H]1C(=CC[C@@H]3C(=O)N(c4cccc(C(=O)O)c4)C(=O)[C@@H]31)[C@@H]2c1ccc(O)c(F)c1. The molecular weight excluding hydrogens is 567 g/mol. The van der Waals surface area contributed by atoms with E-state index in [2.05, 4.69) is 0 Å². The molecule has 9 nitrogen and oxygen atoms in total. The number of anilines is 2. The van der Waals surface area contributed by atoms with E-state index in [9.17, 15) is 38.6 Å². The van der Waals surface area contributed by atoms with Crippen LogP contribution >= 0.6 is 0 Å². The lowest BCUT2D eigenvalue weighted by atomic mass is 9.51. The van der Waals surface area contributed by atoms with Gasteiger partial charge in [-0.3, -0.25) is 24.1 Å². The number of amides is 4. The van der Waals surface area contributed by atoms with Gasteiger partial charge in [0.05, 0.1) is 40.1 Å². The van der Waals surface area contributed by atoms with Crippen LogP contribution in [-0.4, -0.2) is 39.8 Å². The molecule has 2 heterocycles. The summed E-state index contributed by atoms with van der Waals surface area (Å²) in [6, 6.07) is 18.0. The van der Waals surface area contributed by atoms with E-state index in [1.165, 1.54) is 36.4 Å². The number of carboxylic acids is 1. The van der Waals surface area contributed by atoms with E-state index in [-0.39, 0.29) is 24.1 Å². The van der Waals surface area contributed by atoms with Crippen LogP contribution in [0.4, 0.5) is 15.8 Å². The standard InChI is InChI=1S/C34H27FN2O7/c1-34-24(30(40)37(33(34)44)19-7-3-2-4-8-19)16-23-21(28(34)17-10-13-26(38)25(35)15-17)11-12-22-27(23)31(41)36(29(22)39)20-9-5-6-18(14-20)32(42)43/h2-11,13-15,22-24,27-28,38H,12,16H2,1H3,(H,42,43)/t22-,23+,24-,27-,28-,34+/m0/s1. The third-order valence-electron chi connectivity index (χ3n) is 9.95. The molecule has 0 radical (unpaired) electrons. The summed E-state index contributed by atoms with van der Waals surface area (Å²) >= 11 is 0. The maximum absolute atomic E-state index is 14.8. The van der Waals surface area contributed by atoms with Crippen LogP contribution in [0.5, 0.6) is 5.75 Å². The molecule has 3 aromatic carbocycles. The number of aromatic hydroxyl groups is 1. The van der Waals surface area contributed by atoms with E-state index in [1.807, 2.05) is 6.08 Å². The van der Waals surface area contributed by atoms with Gasteiger partial charge in [0.25, 0.3) is 0 Å². The second-order valence-corrected chi connectivity index (χ2v) is 12.1. The normalized spacial score (nSPS) is 29.3. The molecule has 4 aliphatic rings. The molecule has 4 amide bonds. The molecule has 222 valence electrons. The van der Waals surface area contributed by atoms with Crippen LogP contribution in [-0.2, 0) is 19.2 Å². The van der Waals surface area contributed by atoms with E-state index in [0.717, 1.165) is 15.9 Å². The van der Waals surface area contributed by atoms with Crippen LogP contribution < -0.4 is 9.80 Å². The number of carboxylic acid groups (broad SMARTS) is 1. The summed E-state index contributed by atoms with van der Waals surface area (Å²) in [5, 5.41) is 19.4. The number of carbonyl (C=O) groups is 5. The maximum Gasteiger partial charge on any atom is 0.335 e. The number of phenols is 1. The average Bonchev–Trinajstić information content (AvgIpc) is 3.38. The van der Waals surface area contributed by atoms with Crippen molar-refractivity contribution in [2.75, 3.05) is 9.80 Å². The van der Waals surface area contributed by atoms with Crippen molar-refractivity contribution < 1.29 is 38.6 Å². The number of nitrogens with zero attached hydrogens (tertiary/aromatic N) is 2. The second-order valence-electron chi connectivity index (χ2n) is 12.1. The third kappa shape index (κ3) is 3.73. The van der Waals surface area contributed by atoms with Crippen LogP contribution in [0, 0.1) is 34.9 Å². The predicted octanol–water partition coefficient (Wildman–Crippen LogP) is 4.66.